The number of nitrogens with zero attached hydrogens (tertiary/aromatic N) is 1. The Hall–Kier alpha value is -2.73. The molecule has 1 aliphatic rings. The topological polar surface area (TPSA) is 46.5 Å². The summed E-state index contributed by atoms with van der Waals surface area (Å²) in [5.41, 5.74) is 3.52. The van der Waals surface area contributed by atoms with Gasteiger partial charge in [-0.1, -0.05) is 60.1 Å². The van der Waals surface area contributed by atoms with E-state index in [1.54, 1.807) is 29.5 Å². The molecule has 0 fully saturated rings. The van der Waals surface area contributed by atoms with Gasteiger partial charge in [0.05, 0.1) is 10.6 Å². The molecule has 142 valence electrons. The van der Waals surface area contributed by atoms with Crippen LogP contribution in [0.25, 0.3) is 26.6 Å². The SMILES string of the molecule is O=S(=O)(/N=C1\C=Cc2c(-c3ccccc3)sc3cccc1c23)c1ccc(Cl)cc1. The molecule has 0 radical (unpaired) electrons. The maximum absolute atomic E-state index is 12.8. The van der Waals surface area contributed by atoms with E-state index < -0.39 is 10.0 Å². The monoisotopic (exact) mass is 435 g/mol. The second-order valence-electron chi connectivity index (χ2n) is 6.63. The number of sulfonamides is 1. The van der Waals surface area contributed by atoms with Crippen LogP contribution in [-0.4, -0.2) is 14.1 Å². The molecule has 1 aromatic heterocycles. The molecule has 0 N–H and O–H groups in total. The fraction of sp³-hybridized carbons (Fsp3) is 0. The van der Waals surface area contributed by atoms with Crippen molar-refractivity contribution in [2.75, 3.05) is 0 Å². The fourth-order valence-corrected chi connectivity index (χ4v) is 5.82. The number of benzene rings is 3. The number of thiophene rings is 1. The summed E-state index contributed by atoms with van der Waals surface area (Å²) < 4.78 is 30.9. The van der Waals surface area contributed by atoms with Gasteiger partial charge in [0.2, 0.25) is 0 Å². The zero-order chi connectivity index (χ0) is 20.0. The minimum atomic E-state index is -3.84. The van der Waals surface area contributed by atoms with Crippen molar-refractivity contribution in [3.63, 3.8) is 0 Å². The Kier molecular flexibility index (Phi) is 4.39. The molecule has 1 heterocycles. The van der Waals surface area contributed by atoms with Crippen LogP contribution < -0.4 is 0 Å². The average molecular weight is 436 g/mol. The Bertz CT molecular complexity index is 1400. The third kappa shape index (κ3) is 3.21. The quantitative estimate of drug-likeness (QED) is 0.372. The Labute approximate surface area is 177 Å². The first-order valence-electron chi connectivity index (χ1n) is 8.93. The van der Waals surface area contributed by atoms with E-state index in [-0.39, 0.29) is 4.90 Å². The summed E-state index contributed by atoms with van der Waals surface area (Å²) in [7, 11) is -3.84. The van der Waals surface area contributed by atoms with Gasteiger partial charge in [0.15, 0.2) is 0 Å². The molecule has 3 nitrogen and oxygen atoms in total. The van der Waals surface area contributed by atoms with Gasteiger partial charge >= 0.3 is 0 Å². The van der Waals surface area contributed by atoms with Gasteiger partial charge < -0.3 is 0 Å². The first-order valence-corrected chi connectivity index (χ1v) is 11.6. The number of rotatable bonds is 3. The largest absolute Gasteiger partial charge is 0.282 e. The molecule has 4 aromatic rings. The zero-order valence-electron chi connectivity index (χ0n) is 15.0. The lowest BCUT2D eigenvalue weighted by atomic mass is 9.94. The van der Waals surface area contributed by atoms with E-state index in [1.807, 2.05) is 36.4 Å². The lowest BCUT2D eigenvalue weighted by Gasteiger charge is -2.11. The Morgan fingerprint density at radius 1 is 0.828 bits per heavy atom. The molecule has 0 saturated heterocycles. The fourth-order valence-electron chi connectivity index (χ4n) is 3.47. The first kappa shape index (κ1) is 18.3. The normalized spacial score (nSPS) is 14.6. The van der Waals surface area contributed by atoms with E-state index in [1.165, 1.54) is 17.0 Å². The predicted octanol–water partition coefficient (Wildman–Crippen LogP) is 6.43. The molecular formula is C23H14ClNO2S2. The van der Waals surface area contributed by atoms with E-state index in [4.69, 9.17) is 11.6 Å². The van der Waals surface area contributed by atoms with Crippen LogP contribution in [0.3, 0.4) is 0 Å². The van der Waals surface area contributed by atoms with Crippen LogP contribution in [0.4, 0.5) is 0 Å². The van der Waals surface area contributed by atoms with Gasteiger partial charge in [0, 0.05) is 31.1 Å². The maximum atomic E-state index is 12.8. The van der Waals surface area contributed by atoms with Crippen molar-refractivity contribution < 1.29 is 8.42 Å². The Morgan fingerprint density at radius 3 is 2.34 bits per heavy atom. The molecular weight excluding hydrogens is 422 g/mol. The van der Waals surface area contributed by atoms with Gasteiger partial charge in [0.25, 0.3) is 10.0 Å². The van der Waals surface area contributed by atoms with Crippen LogP contribution in [0.1, 0.15) is 11.1 Å². The molecule has 1 aliphatic carbocycles. The summed E-state index contributed by atoms with van der Waals surface area (Å²) in [6.45, 7) is 0. The highest BCUT2D eigenvalue weighted by atomic mass is 35.5. The van der Waals surface area contributed by atoms with E-state index in [2.05, 4.69) is 22.6 Å². The van der Waals surface area contributed by atoms with Gasteiger partial charge in [0.1, 0.15) is 0 Å². The molecule has 6 heteroatoms. The summed E-state index contributed by atoms with van der Waals surface area (Å²) in [5, 5.41) is 1.53. The zero-order valence-corrected chi connectivity index (χ0v) is 17.4. The summed E-state index contributed by atoms with van der Waals surface area (Å²) >= 11 is 7.58. The van der Waals surface area contributed by atoms with Gasteiger partial charge in [-0.05, 0) is 42.0 Å². The minimum absolute atomic E-state index is 0.121. The summed E-state index contributed by atoms with van der Waals surface area (Å²) in [5.74, 6) is 0. The van der Waals surface area contributed by atoms with Crippen molar-refractivity contribution in [1.29, 1.82) is 0 Å². The standard InChI is InChI=1S/C23H14ClNO2S2/c24-16-9-11-17(12-10-16)29(26,27)25-20-14-13-19-22-18(20)7-4-8-21(22)28-23(19)15-5-2-1-3-6-15/h1-14H/b25-20+. The molecule has 0 amide bonds. The molecule has 0 unspecified atom stereocenters. The van der Waals surface area contributed by atoms with Crippen molar-refractivity contribution in [1.82, 2.24) is 0 Å². The third-order valence-electron chi connectivity index (χ3n) is 4.80. The van der Waals surface area contributed by atoms with Crippen molar-refractivity contribution in [2.45, 2.75) is 4.90 Å². The van der Waals surface area contributed by atoms with E-state index >= 15 is 0 Å². The van der Waals surface area contributed by atoms with Crippen molar-refractivity contribution in [3.05, 3.63) is 95.0 Å². The van der Waals surface area contributed by atoms with Crippen molar-refractivity contribution >= 4 is 54.8 Å². The Balaban J connectivity index is 1.67. The molecule has 3 aromatic carbocycles. The number of hydrogen-bond donors (Lipinski definition) is 0. The van der Waals surface area contributed by atoms with E-state index in [0.717, 1.165) is 26.8 Å². The lowest BCUT2D eigenvalue weighted by Crippen LogP contribution is -2.07. The molecule has 0 spiro atoms. The second-order valence-corrected chi connectivity index (χ2v) is 9.72. The molecule has 0 aliphatic heterocycles. The highest BCUT2D eigenvalue weighted by Crippen LogP contribution is 2.43. The van der Waals surface area contributed by atoms with Crippen molar-refractivity contribution in [2.24, 2.45) is 4.40 Å². The van der Waals surface area contributed by atoms with Gasteiger partial charge in [-0.15, -0.1) is 11.3 Å². The van der Waals surface area contributed by atoms with Gasteiger partial charge in [-0.25, -0.2) is 0 Å². The highest BCUT2D eigenvalue weighted by Gasteiger charge is 2.22. The van der Waals surface area contributed by atoms with Crippen LogP contribution in [-0.2, 0) is 10.0 Å². The molecule has 29 heavy (non-hydrogen) atoms. The van der Waals surface area contributed by atoms with Crippen LogP contribution in [0, 0.1) is 0 Å². The number of allylic oxidation sites excluding steroid dienone is 1. The minimum Gasteiger partial charge on any atom is -0.199 e. The maximum Gasteiger partial charge on any atom is 0.282 e. The third-order valence-corrected chi connectivity index (χ3v) is 7.58. The molecule has 0 atom stereocenters. The van der Waals surface area contributed by atoms with Crippen LogP contribution in [0.15, 0.2) is 88.2 Å². The van der Waals surface area contributed by atoms with Gasteiger partial charge in [-0.3, -0.25) is 0 Å². The van der Waals surface area contributed by atoms with E-state index in [9.17, 15) is 8.42 Å². The lowest BCUT2D eigenvalue weighted by molar-refractivity contribution is 0.598. The number of hydrogen-bond acceptors (Lipinski definition) is 3. The average Bonchev–Trinajstić information content (AvgIpc) is 3.11. The Morgan fingerprint density at radius 2 is 1.59 bits per heavy atom. The van der Waals surface area contributed by atoms with E-state index in [0.29, 0.717) is 10.7 Å². The first-order chi connectivity index (χ1) is 14.0. The summed E-state index contributed by atoms with van der Waals surface area (Å²) in [6, 6.07) is 22.2. The summed E-state index contributed by atoms with van der Waals surface area (Å²) in [6.07, 6.45) is 3.74. The second kappa shape index (κ2) is 6.95. The highest BCUT2D eigenvalue weighted by molar-refractivity contribution is 7.90. The smallest absolute Gasteiger partial charge is 0.199 e. The van der Waals surface area contributed by atoms with Gasteiger partial charge in [-0.2, -0.15) is 12.8 Å². The molecule has 0 saturated carbocycles. The molecule has 5 rings (SSSR count). The predicted molar refractivity (Wildman–Crippen MR) is 121 cm³/mol. The molecule has 0 bridgehead atoms. The van der Waals surface area contributed by atoms with Crippen LogP contribution in [0.5, 0.6) is 0 Å². The van der Waals surface area contributed by atoms with Crippen molar-refractivity contribution in [3.8, 4) is 10.4 Å². The number of halogens is 1. The van der Waals surface area contributed by atoms with Crippen LogP contribution >= 0.6 is 22.9 Å². The van der Waals surface area contributed by atoms with Crippen LogP contribution in [0.2, 0.25) is 5.02 Å². The summed E-state index contributed by atoms with van der Waals surface area (Å²) in [4.78, 5) is 1.29.